The summed E-state index contributed by atoms with van der Waals surface area (Å²) in [5.74, 6) is 0.711. The van der Waals surface area contributed by atoms with Gasteiger partial charge in [0.1, 0.15) is 23.7 Å². The number of carbonyl (C=O) groups is 2. The predicted molar refractivity (Wildman–Crippen MR) is 152 cm³/mol. The van der Waals surface area contributed by atoms with E-state index in [1.807, 2.05) is 12.1 Å². The van der Waals surface area contributed by atoms with Crippen molar-refractivity contribution in [3.63, 3.8) is 0 Å². The van der Waals surface area contributed by atoms with E-state index in [9.17, 15) is 24.9 Å². The number of aliphatic hydroxyl groups is 3. The molecule has 4 N–H and O–H groups in total. The highest BCUT2D eigenvalue weighted by Crippen LogP contribution is 2.51. The molecule has 0 radical (unpaired) electrons. The van der Waals surface area contributed by atoms with E-state index in [2.05, 4.69) is 5.32 Å². The third-order valence-electron chi connectivity index (χ3n) is 8.17. The summed E-state index contributed by atoms with van der Waals surface area (Å²) in [7, 11) is 4.64. The van der Waals surface area contributed by atoms with Crippen LogP contribution in [0.2, 0.25) is 0 Å². The molecular weight excluding hydrogens is 544 g/mol. The van der Waals surface area contributed by atoms with Crippen molar-refractivity contribution in [2.45, 2.75) is 50.0 Å². The van der Waals surface area contributed by atoms with Crippen molar-refractivity contribution >= 4 is 11.8 Å². The van der Waals surface area contributed by atoms with E-state index in [1.54, 1.807) is 43.4 Å². The third-order valence-corrected chi connectivity index (χ3v) is 8.17. The first kappa shape index (κ1) is 29.7. The molecule has 11 nitrogen and oxygen atoms in total. The standard InChI is InChI=1S/C31H38N2O9/c1-39-20-6-7-24(40-2)19(14-20)8-10-33(31(38)18-4-5-18)23-15-22(30(37)32-9-11-34)26-21-12-17(16-35)13-25(41-3)28(21)42-29(26)27(23)36/h6-7,12-15,18,23,26-27,29,34-36H,4-5,8-11,16H2,1-3H3,(H,32,37). The minimum Gasteiger partial charge on any atom is -0.497 e. The van der Waals surface area contributed by atoms with Crippen LogP contribution in [0.1, 0.15) is 35.4 Å². The van der Waals surface area contributed by atoms with Crippen molar-refractivity contribution in [1.82, 2.24) is 10.2 Å². The van der Waals surface area contributed by atoms with E-state index in [1.165, 1.54) is 7.11 Å². The largest absolute Gasteiger partial charge is 0.497 e. The van der Waals surface area contributed by atoms with E-state index in [4.69, 9.17) is 18.9 Å². The SMILES string of the molecule is COc1ccc(OC)c(CCN(C(=O)C2CC2)C2C=C(C(=O)NCCO)C3c4cc(CO)cc(OC)c4OC3C2O)c1. The number of methoxy groups -OCH3 is 3. The maximum absolute atomic E-state index is 13.7. The van der Waals surface area contributed by atoms with Crippen molar-refractivity contribution in [2.75, 3.05) is 41.0 Å². The zero-order valence-electron chi connectivity index (χ0n) is 24.0. The average molecular weight is 583 g/mol. The van der Waals surface area contributed by atoms with Crippen LogP contribution in [-0.4, -0.2) is 91.3 Å². The third kappa shape index (κ3) is 5.64. The van der Waals surface area contributed by atoms with Gasteiger partial charge >= 0.3 is 0 Å². The maximum atomic E-state index is 13.7. The molecule has 226 valence electrons. The number of ether oxygens (including phenoxy) is 4. The summed E-state index contributed by atoms with van der Waals surface area (Å²) in [5, 5.41) is 33.7. The fourth-order valence-corrected chi connectivity index (χ4v) is 5.91. The Kier molecular flexibility index (Phi) is 8.91. The van der Waals surface area contributed by atoms with Gasteiger partial charge in [0.05, 0.1) is 46.5 Å². The van der Waals surface area contributed by atoms with Crippen LogP contribution in [0.4, 0.5) is 0 Å². The topological polar surface area (TPSA) is 147 Å². The zero-order valence-corrected chi connectivity index (χ0v) is 24.0. The van der Waals surface area contributed by atoms with Gasteiger partial charge in [-0.05, 0) is 66.8 Å². The number of nitrogens with one attached hydrogen (secondary N) is 1. The van der Waals surface area contributed by atoms with Gasteiger partial charge in [0.25, 0.3) is 0 Å². The molecule has 11 heteroatoms. The molecule has 4 atom stereocenters. The molecule has 2 amide bonds. The maximum Gasteiger partial charge on any atom is 0.247 e. The highest BCUT2D eigenvalue weighted by Gasteiger charge is 2.52. The minimum absolute atomic E-state index is 0.0366. The molecule has 0 bridgehead atoms. The molecule has 0 aromatic heterocycles. The summed E-state index contributed by atoms with van der Waals surface area (Å²) in [4.78, 5) is 28.8. The van der Waals surface area contributed by atoms with E-state index in [-0.39, 0.29) is 38.1 Å². The summed E-state index contributed by atoms with van der Waals surface area (Å²) in [6.07, 6.45) is 1.54. The van der Waals surface area contributed by atoms with Gasteiger partial charge in [0, 0.05) is 30.1 Å². The molecule has 1 heterocycles. The fraction of sp³-hybridized carbons (Fsp3) is 0.484. The molecule has 2 aromatic rings. The van der Waals surface area contributed by atoms with Crippen molar-refractivity contribution in [3.8, 4) is 23.0 Å². The number of benzene rings is 2. The van der Waals surface area contributed by atoms with E-state index >= 15 is 0 Å². The summed E-state index contributed by atoms with van der Waals surface area (Å²) >= 11 is 0. The smallest absolute Gasteiger partial charge is 0.247 e. The van der Waals surface area contributed by atoms with Crippen molar-refractivity contribution in [1.29, 1.82) is 0 Å². The minimum atomic E-state index is -1.17. The lowest BCUT2D eigenvalue weighted by molar-refractivity contribution is -0.138. The summed E-state index contributed by atoms with van der Waals surface area (Å²) in [6, 6.07) is 8.00. The summed E-state index contributed by atoms with van der Waals surface area (Å²) in [6.45, 7) is -0.206. The number of aliphatic hydroxyl groups excluding tert-OH is 3. The van der Waals surface area contributed by atoms with Crippen molar-refractivity contribution in [3.05, 3.63) is 58.7 Å². The predicted octanol–water partition coefficient (Wildman–Crippen LogP) is 1.31. The average Bonchev–Trinajstić information content (AvgIpc) is 3.80. The zero-order chi connectivity index (χ0) is 30.0. The number of hydrogen-bond acceptors (Lipinski definition) is 9. The van der Waals surface area contributed by atoms with Crippen LogP contribution in [0.3, 0.4) is 0 Å². The Labute approximate surface area is 244 Å². The van der Waals surface area contributed by atoms with Gasteiger partial charge in [-0.2, -0.15) is 0 Å². The van der Waals surface area contributed by atoms with E-state index in [0.29, 0.717) is 46.1 Å². The Morgan fingerprint density at radius 3 is 2.45 bits per heavy atom. The molecular formula is C31H38N2O9. The summed E-state index contributed by atoms with van der Waals surface area (Å²) in [5.41, 5.74) is 2.32. The monoisotopic (exact) mass is 582 g/mol. The van der Waals surface area contributed by atoms with Crippen LogP contribution in [-0.2, 0) is 22.6 Å². The van der Waals surface area contributed by atoms with Crippen molar-refractivity contribution in [2.24, 2.45) is 5.92 Å². The Balaban J connectivity index is 1.54. The molecule has 1 fully saturated rings. The number of hydrogen-bond donors (Lipinski definition) is 4. The van der Waals surface area contributed by atoms with Crippen LogP contribution in [0.5, 0.6) is 23.0 Å². The molecule has 4 unspecified atom stereocenters. The lowest BCUT2D eigenvalue weighted by Crippen LogP contribution is -2.56. The number of nitrogens with zero attached hydrogens (tertiary/aromatic N) is 1. The molecule has 0 saturated heterocycles. The van der Waals surface area contributed by atoms with Crippen LogP contribution in [0.15, 0.2) is 42.0 Å². The first-order valence-electron chi connectivity index (χ1n) is 14.1. The Morgan fingerprint density at radius 1 is 1.05 bits per heavy atom. The molecule has 2 aromatic carbocycles. The molecule has 1 saturated carbocycles. The molecule has 0 spiro atoms. The van der Waals surface area contributed by atoms with Gasteiger partial charge in [0.2, 0.25) is 11.8 Å². The molecule has 3 aliphatic rings. The van der Waals surface area contributed by atoms with Crippen LogP contribution in [0, 0.1) is 5.92 Å². The highest BCUT2D eigenvalue weighted by molar-refractivity contribution is 5.96. The van der Waals surface area contributed by atoms with Gasteiger partial charge in [-0.1, -0.05) is 0 Å². The number of amides is 2. The second kappa shape index (κ2) is 12.6. The number of rotatable bonds is 12. The van der Waals surface area contributed by atoms with E-state index in [0.717, 1.165) is 18.4 Å². The quantitative estimate of drug-likeness (QED) is 0.291. The highest BCUT2D eigenvalue weighted by atomic mass is 16.5. The summed E-state index contributed by atoms with van der Waals surface area (Å²) < 4.78 is 22.7. The first-order valence-corrected chi connectivity index (χ1v) is 14.1. The van der Waals surface area contributed by atoms with Gasteiger partial charge in [0.15, 0.2) is 11.5 Å². The lowest BCUT2D eigenvalue weighted by Gasteiger charge is -2.41. The van der Waals surface area contributed by atoms with E-state index < -0.39 is 30.1 Å². The van der Waals surface area contributed by atoms with Crippen molar-refractivity contribution < 1.29 is 43.9 Å². The van der Waals surface area contributed by atoms with Gasteiger partial charge in [-0.25, -0.2) is 0 Å². The molecule has 2 aliphatic carbocycles. The second-order valence-electron chi connectivity index (χ2n) is 10.8. The number of carbonyl (C=O) groups excluding carboxylic acids is 2. The van der Waals surface area contributed by atoms with Gasteiger partial charge < -0.3 is 44.5 Å². The van der Waals surface area contributed by atoms with Gasteiger partial charge in [-0.15, -0.1) is 0 Å². The van der Waals surface area contributed by atoms with Crippen LogP contribution >= 0.6 is 0 Å². The lowest BCUT2D eigenvalue weighted by atomic mass is 9.77. The van der Waals surface area contributed by atoms with Crippen LogP contribution in [0.25, 0.3) is 0 Å². The second-order valence-corrected chi connectivity index (χ2v) is 10.8. The molecule has 1 aliphatic heterocycles. The normalized spacial score (nSPS) is 22.3. The Morgan fingerprint density at radius 2 is 1.81 bits per heavy atom. The first-order chi connectivity index (χ1) is 20.3. The molecule has 42 heavy (non-hydrogen) atoms. The Bertz CT molecular complexity index is 1360. The Hall–Kier alpha value is -3.80. The van der Waals surface area contributed by atoms with Gasteiger partial charge in [-0.3, -0.25) is 9.59 Å². The van der Waals surface area contributed by atoms with Crippen LogP contribution < -0.4 is 24.3 Å². The number of fused-ring (bicyclic) bond motifs is 3. The molecule has 5 rings (SSSR count). The fourth-order valence-electron chi connectivity index (χ4n) is 5.91.